The van der Waals surface area contributed by atoms with Crippen LogP contribution >= 0.6 is 58.0 Å². The number of halogens is 5. The standard InChI is InChI=1S/C17H23Cl2N7.C12H10Cl3N5/c1-11-9-15(21-7-4-8-26(2)3)24-17(22-11)25-16(20)23-12-5-6-13(18)14(19)10-12;1-6-4-10(15)19-12(17-6)20-11(16)18-7-2-3-8(13)9(14)5-7/h5-6,9-10H,4,7-8H2,1-3H3,(H4,20,21,22,23,24,25);2-5H,1H3,(H3,16,17,18,19,20). The second kappa shape index (κ2) is 17.9. The van der Waals surface area contributed by atoms with Gasteiger partial charge in [-0.15, -0.1) is 0 Å². The summed E-state index contributed by atoms with van der Waals surface area (Å²) in [6.07, 6.45) is 1.01. The number of hydrogen-bond acceptors (Lipinski definition) is 8. The van der Waals surface area contributed by atoms with Crippen molar-refractivity contribution in [1.29, 1.82) is 0 Å². The molecule has 0 aliphatic rings. The van der Waals surface area contributed by atoms with Crippen LogP contribution in [0.2, 0.25) is 25.2 Å². The van der Waals surface area contributed by atoms with Gasteiger partial charge in [-0.2, -0.15) is 20.0 Å². The number of nitrogens with one attached hydrogen (secondary N) is 3. The minimum absolute atomic E-state index is 0.116. The maximum absolute atomic E-state index is 5.99. The molecule has 4 rings (SSSR count). The topological polar surface area (TPSA) is 168 Å². The molecule has 2 aromatic heterocycles. The number of aryl methyl sites for hydroxylation is 2. The van der Waals surface area contributed by atoms with Crippen LogP contribution in [-0.4, -0.2) is 63.9 Å². The molecule has 0 bridgehead atoms. The van der Waals surface area contributed by atoms with E-state index in [4.69, 9.17) is 69.5 Å². The first-order chi connectivity index (χ1) is 21.8. The third kappa shape index (κ3) is 13.0. The molecule has 244 valence electrons. The summed E-state index contributed by atoms with van der Waals surface area (Å²) < 4.78 is 0. The molecule has 7 N–H and O–H groups in total. The molecule has 46 heavy (non-hydrogen) atoms. The lowest BCUT2D eigenvalue weighted by atomic mass is 10.3. The molecule has 0 radical (unpaired) electrons. The van der Waals surface area contributed by atoms with E-state index in [0.717, 1.165) is 31.0 Å². The number of aliphatic imine (C=N–C) groups is 2. The van der Waals surface area contributed by atoms with Crippen molar-refractivity contribution in [3.8, 4) is 0 Å². The van der Waals surface area contributed by atoms with Crippen LogP contribution in [-0.2, 0) is 0 Å². The van der Waals surface area contributed by atoms with E-state index in [0.29, 0.717) is 42.3 Å². The number of rotatable bonds is 9. The Labute approximate surface area is 292 Å². The highest BCUT2D eigenvalue weighted by molar-refractivity contribution is 6.42. The maximum atomic E-state index is 5.99. The third-order valence-electron chi connectivity index (χ3n) is 5.57. The molecule has 17 heteroatoms. The van der Waals surface area contributed by atoms with Crippen LogP contribution in [0.5, 0.6) is 0 Å². The number of hydrogen-bond donors (Lipinski definition) is 5. The second-order valence-corrected chi connectivity index (χ2v) is 11.9. The van der Waals surface area contributed by atoms with E-state index in [1.807, 2.05) is 27.1 Å². The molecule has 2 heterocycles. The largest absolute Gasteiger partial charge is 0.370 e. The van der Waals surface area contributed by atoms with E-state index < -0.39 is 0 Å². The minimum Gasteiger partial charge on any atom is -0.370 e. The van der Waals surface area contributed by atoms with Crippen molar-refractivity contribution in [2.24, 2.45) is 21.5 Å². The van der Waals surface area contributed by atoms with Crippen molar-refractivity contribution in [2.45, 2.75) is 20.3 Å². The number of benzene rings is 2. The van der Waals surface area contributed by atoms with Crippen molar-refractivity contribution >= 4 is 99.0 Å². The molecule has 0 aliphatic carbocycles. The van der Waals surface area contributed by atoms with Crippen LogP contribution in [0.3, 0.4) is 0 Å². The fourth-order valence-electron chi connectivity index (χ4n) is 3.59. The molecule has 0 fully saturated rings. The first-order valence-electron chi connectivity index (χ1n) is 13.7. The fourth-order valence-corrected chi connectivity index (χ4v) is 4.41. The molecule has 0 saturated heterocycles. The number of anilines is 3. The summed E-state index contributed by atoms with van der Waals surface area (Å²) in [5.74, 6) is 1.46. The van der Waals surface area contributed by atoms with Crippen molar-refractivity contribution in [2.75, 3.05) is 43.1 Å². The Morgan fingerprint density at radius 1 is 0.696 bits per heavy atom. The van der Waals surface area contributed by atoms with E-state index in [1.54, 1.807) is 49.4 Å². The van der Waals surface area contributed by atoms with E-state index in [9.17, 15) is 0 Å². The molecule has 0 amide bonds. The Morgan fingerprint density at radius 2 is 1.20 bits per heavy atom. The van der Waals surface area contributed by atoms with Crippen LogP contribution < -0.4 is 27.4 Å². The van der Waals surface area contributed by atoms with Crippen LogP contribution in [0.1, 0.15) is 17.8 Å². The van der Waals surface area contributed by atoms with Gasteiger partial charge in [-0.05, 0) is 83.4 Å². The summed E-state index contributed by atoms with van der Waals surface area (Å²) in [5, 5.41) is 11.2. The SMILES string of the molecule is Cc1cc(Cl)nc(N=C(N)Nc2ccc(Cl)c(Cl)c2)n1.Cc1cc(NCCCN(C)C)nc(N=C(N)Nc2ccc(Cl)c(Cl)c2)n1. The van der Waals surface area contributed by atoms with Gasteiger partial charge < -0.3 is 32.3 Å². The zero-order valence-electron chi connectivity index (χ0n) is 25.4. The van der Waals surface area contributed by atoms with Gasteiger partial charge in [-0.25, -0.2) is 9.97 Å². The first-order valence-corrected chi connectivity index (χ1v) is 15.5. The average molecular weight is 727 g/mol. The van der Waals surface area contributed by atoms with Crippen LogP contribution in [0.25, 0.3) is 0 Å². The lowest BCUT2D eigenvalue weighted by molar-refractivity contribution is 0.405. The lowest BCUT2D eigenvalue weighted by Crippen LogP contribution is -2.22. The van der Waals surface area contributed by atoms with Gasteiger partial charge >= 0.3 is 0 Å². The Kier molecular flexibility index (Phi) is 14.3. The van der Waals surface area contributed by atoms with Crippen LogP contribution in [0, 0.1) is 13.8 Å². The summed E-state index contributed by atoms with van der Waals surface area (Å²) in [4.78, 5) is 27.1. The summed E-state index contributed by atoms with van der Waals surface area (Å²) in [6, 6.07) is 13.6. The summed E-state index contributed by atoms with van der Waals surface area (Å²) in [6.45, 7) is 5.49. The van der Waals surface area contributed by atoms with E-state index in [1.165, 1.54) is 0 Å². The summed E-state index contributed by atoms with van der Waals surface area (Å²) >= 11 is 29.4. The highest BCUT2D eigenvalue weighted by Crippen LogP contribution is 2.26. The van der Waals surface area contributed by atoms with Gasteiger partial charge in [0, 0.05) is 35.4 Å². The average Bonchev–Trinajstić information content (AvgIpc) is 2.94. The number of nitrogens with two attached hydrogens (primary N) is 2. The van der Waals surface area contributed by atoms with Crippen LogP contribution in [0.4, 0.5) is 29.1 Å². The van der Waals surface area contributed by atoms with Crippen molar-refractivity contribution in [3.05, 3.63) is 85.2 Å². The summed E-state index contributed by atoms with van der Waals surface area (Å²) in [7, 11) is 4.09. The first kappa shape index (κ1) is 36.8. The molecule has 12 nitrogen and oxygen atoms in total. The normalized spacial score (nSPS) is 11.6. The van der Waals surface area contributed by atoms with Crippen molar-refractivity contribution in [3.63, 3.8) is 0 Å². The number of aromatic nitrogens is 4. The van der Waals surface area contributed by atoms with Gasteiger partial charge in [-0.1, -0.05) is 58.0 Å². The molecule has 0 unspecified atom stereocenters. The van der Waals surface area contributed by atoms with E-state index in [-0.39, 0.29) is 23.8 Å². The predicted molar refractivity (Wildman–Crippen MR) is 193 cm³/mol. The zero-order chi connectivity index (χ0) is 33.8. The van der Waals surface area contributed by atoms with Gasteiger partial charge in [-0.3, -0.25) is 0 Å². The molecule has 0 aliphatic heterocycles. The number of guanidine groups is 2. The monoisotopic (exact) mass is 724 g/mol. The predicted octanol–water partition coefficient (Wildman–Crippen LogP) is 7.32. The zero-order valence-corrected chi connectivity index (χ0v) is 29.2. The quantitative estimate of drug-likeness (QED) is 0.0510. The molecule has 4 aromatic rings. The molecular formula is C29H33Cl5N12. The molecule has 0 spiro atoms. The lowest BCUT2D eigenvalue weighted by Gasteiger charge is -2.11. The Hall–Kier alpha value is -3.65. The van der Waals surface area contributed by atoms with Gasteiger partial charge in [0.2, 0.25) is 11.9 Å². The molecule has 0 saturated carbocycles. The molecule has 0 atom stereocenters. The third-order valence-corrected chi connectivity index (χ3v) is 7.24. The second-order valence-electron chi connectivity index (χ2n) is 9.91. The van der Waals surface area contributed by atoms with E-state index in [2.05, 4.69) is 50.8 Å². The Morgan fingerprint density at radius 3 is 1.67 bits per heavy atom. The Balaban J connectivity index is 0.000000259. The smallest absolute Gasteiger partial charge is 0.254 e. The molecular weight excluding hydrogens is 694 g/mol. The number of nitrogens with zero attached hydrogens (tertiary/aromatic N) is 7. The van der Waals surface area contributed by atoms with Crippen molar-refractivity contribution < 1.29 is 0 Å². The van der Waals surface area contributed by atoms with Gasteiger partial charge in [0.25, 0.3) is 11.9 Å². The fraction of sp³-hybridized carbons (Fsp3) is 0.241. The molecule has 2 aromatic carbocycles. The summed E-state index contributed by atoms with van der Waals surface area (Å²) in [5.41, 5.74) is 14.5. The van der Waals surface area contributed by atoms with Gasteiger partial charge in [0.1, 0.15) is 11.0 Å². The van der Waals surface area contributed by atoms with Crippen molar-refractivity contribution in [1.82, 2.24) is 24.8 Å². The minimum atomic E-state index is 0.116. The highest BCUT2D eigenvalue weighted by Gasteiger charge is 2.06. The Bertz CT molecular complexity index is 1680. The van der Waals surface area contributed by atoms with Gasteiger partial charge in [0.05, 0.1) is 20.1 Å². The van der Waals surface area contributed by atoms with Crippen LogP contribution in [0.15, 0.2) is 58.5 Å². The van der Waals surface area contributed by atoms with Gasteiger partial charge in [0.15, 0.2) is 0 Å². The maximum Gasteiger partial charge on any atom is 0.254 e. The highest BCUT2D eigenvalue weighted by atomic mass is 35.5. The van der Waals surface area contributed by atoms with E-state index >= 15 is 0 Å².